The zero-order chi connectivity index (χ0) is 14.2. The number of benzene rings is 1. The summed E-state index contributed by atoms with van der Waals surface area (Å²) in [5.74, 6) is 0.783. The van der Waals surface area contributed by atoms with Gasteiger partial charge >= 0.3 is 0 Å². The van der Waals surface area contributed by atoms with Crippen LogP contribution >= 0.6 is 0 Å². The molecule has 2 nitrogen and oxygen atoms in total. The average Bonchev–Trinajstić information content (AvgIpc) is 2.53. The fourth-order valence-corrected chi connectivity index (χ4v) is 3.29. The first-order chi connectivity index (χ1) is 9.85. The lowest BCUT2D eigenvalue weighted by Gasteiger charge is -2.29. The van der Waals surface area contributed by atoms with E-state index in [1.165, 1.54) is 37.7 Å². The monoisotopic (exact) mass is 275 g/mol. The van der Waals surface area contributed by atoms with Gasteiger partial charge in [-0.05, 0) is 37.8 Å². The fraction of sp³-hybridized carbons (Fsp3) is 0.667. The van der Waals surface area contributed by atoms with Crippen molar-refractivity contribution < 1.29 is 4.74 Å². The molecule has 1 saturated carbocycles. The van der Waals surface area contributed by atoms with Gasteiger partial charge in [-0.3, -0.25) is 0 Å². The van der Waals surface area contributed by atoms with Crippen molar-refractivity contribution in [3.05, 3.63) is 35.9 Å². The van der Waals surface area contributed by atoms with Crippen molar-refractivity contribution in [3.63, 3.8) is 0 Å². The maximum Gasteiger partial charge on any atom is 0.0767 e. The van der Waals surface area contributed by atoms with Crippen molar-refractivity contribution in [2.75, 3.05) is 13.7 Å². The third kappa shape index (κ3) is 4.32. The van der Waals surface area contributed by atoms with Crippen LogP contribution < -0.4 is 5.32 Å². The molecule has 2 unspecified atom stereocenters. The number of ether oxygens (including phenoxy) is 1. The molecule has 0 amide bonds. The first kappa shape index (κ1) is 15.5. The zero-order valence-electron chi connectivity index (χ0n) is 13.0. The highest BCUT2D eigenvalue weighted by molar-refractivity contribution is 5.20. The van der Waals surface area contributed by atoms with Crippen LogP contribution in [0.15, 0.2) is 30.3 Å². The van der Waals surface area contributed by atoms with Gasteiger partial charge in [0, 0.05) is 6.61 Å². The SMILES string of the molecule is CCC(OCC1CCCCC1)C(NC)c1ccccc1. The van der Waals surface area contributed by atoms with Crippen molar-refractivity contribution in [1.29, 1.82) is 0 Å². The second-order valence-electron chi connectivity index (χ2n) is 5.96. The van der Waals surface area contributed by atoms with Crippen LogP contribution in [-0.2, 0) is 4.74 Å². The average molecular weight is 275 g/mol. The highest BCUT2D eigenvalue weighted by Crippen LogP contribution is 2.26. The first-order valence-corrected chi connectivity index (χ1v) is 8.19. The first-order valence-electron chi connectivity index (χ1n) is 8.19. The lowest BCUT2D eigenvalue weighted by atomic mass is 9.90. The Labute approximate surface area is 123 Å². The van der Waals surface area contributed by atoms with Crippen molar-refractivity contribution in [1.82, 2.24) is 5.32 Å². The molecule has 1 aromatic rings. The van der Waals surface area contributed by atoms with Gasteiger partial charge in [-0.1, -0.05) is 56.5 Å². The highest BCUT2D eigenvalue weighted by atomic mass is 16.5. The lowest BCUT2D eigenvalue weighted by molar-refractivity contribution is -0.00189. The highest BCUT2D eigenvalue weighted by Gasteiger charge is 2.22. The molecule has 1 aliphatic rings. The molecule has 1 aliphatic carbocycles. The molecule has 0 aliphatic heterocycles. The smallest absolute Gasteiger partial charge is 0.0767 e. The largest absolute Gasteiger partial charge is 0.376 e. The van der Waals surface area contributed by atoms with Gasteiger partial charge in [0.2, 0.25) is 0 Å². The lowest BCUT2D eigenvalue weighted by Crippen LogP contribution is -2.32. The Balaban J connectivity index is 1.91. The van der Waals surface area contributed by atoms with E-state index in [1.54, 1.807) is 0 Å². The summed E-state index contributed by atoms with van der Waals surface area (Å²) in [6.45, 7) is 3.16. The van der Waals surface area contributed by atoms with Crippen LogP contribution in [0.4, 0.5) is 0 Å². The number of likely N-dealkylation sites (N-methyl/N-ethyl adjacent to an activating group) is 1. The standard InChI is InChI=1S/C18H29NO/c1-3-17(20-14-15-10-6-4-7-11-15)18(19-2)16-12-8-5-9-13-16/h5,8-9,12-13,15,17-19H,3-4,6-7,10-11,14H2,1-2H3. The molecule has 1 aromatic carbocycles. The summed E-state index contributed by atoms with van der Waals surface area (Å²) in [4.78, 5) is 0. The summed E-state index contributed by atoms with van der Waals surface area (Å²) in [7, 11) is 2.03. The molecule has 0 radical (unpaired) electrons. The number of hydrogen-bond donors (Lipinski definition) is 1. The van der Waals surface area contributed by atoms with Crippen LogP contribution in [-0.4, -0.2) is 19.8 Å². The fourth-order valence-electron chi connectivity index (χ4n) is 3.29. The van der Waals surface area contributed by atoms with Gasteiger partial charge in [0.15, 0.2) is 0 Å². The van der Waals surface area contributed by atoms with Crippen molar-refractivity contribution in [2.45, 2.75) is 57.6 Å². The molecule has 2 rings (SSSR count). The molecule has 2 heteroatoms. The van der Waals surface area contributed by atoms with Gasteiger partial charge in [-0.15, -0.1) is 0 Å². The molecule has 0 bridgehead atoms. The van der Waals surface area contributed by atoms with E-state index in [-0.39, 0.29) is 6.10 Å². The number of rotatable bonds is 7. The van der Waals surface area contributed by atoms with E-state index in [2.05, 4.69) is 42.6 Å². The minimum Gasteiger partial charge on any atom is -0.376 e. The molecule has 20 heavy (non-hydrogen) atoms. The Morgan fingerprint density at radius 2 is 1.85 bits per heavy atom. The van der Waals surface area contributed by atoms with Crippen LogP contribution in [0.25, 0.3) is 0 Å². The zero-order valence-corrected chi connectivity index (χ0v) is 13.0. The Morgan fingerprint density at radius 1 is 1.15 bits per heavy atom. The Bertz CT molecular complexity index is 359. The topological polar surface area (TPSA) is 21.3 Å². The summed E-state index contributed by atoms with van der Waals surface area (Å²) < 4.78 is 6.28. The van der Waals surface area contributed by atoms with Gasteiger partial charge < -0.3 is 10.1 Å². The molecule has 0 heterocycles. The van der Waals surface area contributed by atoms with Crippen LogP contribution in [0.5, 0.6) is 0 Å². The predicted octanol–water partition coefficient (Wildman–Crippen LogP) is 4.32. The maximum absolute atomic E-state index is 6.28. The van der Waals surface area contributed by atoms with Crippen LogP contribution in [0.2, 0.25) is 0 Å². The second kappa shape index (κ2) is 8.43. The minimum absolute atomic E-state index is 0.268. The van der Waals surface area contributed by atoms with E-state index in [0.717, 1.165) is 18.9 Å². The van der Waals surface area contributed by atoms with Crippen molar-refractivity contribution >= 4 is 0 Å². The van der Waals surface area contributed by atoms with Crippen molar-refractivity contribution in [3.8, 4) is 0 Å². The quantitative estimate of drug-likeness (QED) is 0.800. The van der Waals surface area contributed by atoms with Crippen molar-refractivity contribution in [2.24, 2.45) is 5.92 Å². The van der Waals surface area contributed by atoms with Gasteiger partial charge in [0.25, 0.3) is 0 Å². The predicted molar refractivity (Wildman–Crippen MR) is 84.8 cm³/mol. The van der Waals surface area contributed by atoms with Gasteiger partial charge in [-0.2, -0.15) is 0 Å². The number of hydrogen-bond acceptors (Lipinski definition) is 2. The minimum atomic E-state index is 0.268. The summed E-state index contributed by atoms with van der Waals surface area (Å²) in [5.41, 5.74) is 1.32. The Kier molecular flexibility index (Phi) is 6.55. The summed E-state index contributed by atoms with van der Waals surface area (Å²) in [6, 6.07) is 11.0. The summed E-state index contributed by atoms with van der Waals surface area (Å²) in [5, 5.41) is 3.43. The van der Waals surface area contributed by atoms with E-state index < -0.39 is 0 Å². The van der Waals surface area contributed by atoms with Crippen LogP contribution in [0.3, 0.4) is 0 Å². The normalized spacial score (nSPS) is 19.7. The third-order valence-electron chi connectivity index (χ3n) is 4.51. The van der Waals surface area contributed by atoms with E-state index in [9.17, 15) is 0 Å². The molecule has 2 atom stereocenters. The van der Waals surface area contributed by atoms with Gasteiger partial charge in [0.1, 0.15) is 0 Å². The number of nitrogens with one attached hydrogen (secondary N) is 1. The van der Waals surface area contributed by atoms with E-state index in [1.807, 2.05) is 7.05 Å². The molecular weight excluding hydrogens is 246 g/mol. The summed E-state index contributed by atoms with van der Waals surface area (Å²) in [6.07, 6.45) is 8.21. The van der Waals surface area contributed by atoms with Crippen LogP contribution in [0.1, 0.15) is 57.1 Å². The molecule has 0 saturated heterocycles. The van der Waals surface area contributed by atoms with Crippen LogP contribution in [0, 0.1) is 5.92 Å². The molecule has 0 aromatic heterocycles. The van der Waals surface area contributed by atoms with Gasteiger partial charge in [0.05, 0.1) is 12.1 Å². The van der Waals surface area contributed by atoms with E-state index in [4.69, 9.17) is 4.74 Å². The second-order valence-corrected chi connectivity index (χ2v) is 5.96. The molecule has 1 fully saturated rings. The van der Waals surface area contributed by atoms with E-state index in [0.29, 0.717) is 6.04 Å². The molecular formula is C18H29NO. The molecule has 112 valence electrons. The van der Waals surface area contributed by atoms with Gasteiger partial charge in [-0.25, -0.2) is 0 Å². The molecule has 1 N–H and O–H groups in total. The Hall–Kier alpha value is -0.860. The third-order valence-corrected chi connectivity index (χ3v) is 4.51. The van der Waals surface area contributed by atoms with E-state index >= 15 is 0 Å². The molecule has 0 spiro atoms. The Morgan fingerprint density at radius 3 is 2.45 bits per heavy atom. The summed E-state index contributed by atoms with van der Waals surface area (Å²) >= 11 is 0. The maximum atomic E-state index is 6.28.